The molecule has 2 atom stereocenters. The Morgan fingerprint density at radius 1 is 1.09 bits per heavy atom. The van der Waals surface area contributed by atoms with Gasteiger partial charge in [0.25, 0.3) is 0 Å². The van der Waals surface area contributed by atoms with Gasteiger partial charge in [0.15, 0.2) is 0 Å². The molecule has 2 aromatic carbocycles. The normalized spacial score (nSPS) is 19.3. The zero-order valence-corrected chi connectivity index (χ0v) is 19.5. The fourth-order valence-electron chi connectivity index (χ4n) is 3.75. The maximum atomic E-state index is 12.9. The van der Waals surface area contributed by atoms with Gasteiger partial charge >= 0.3 is 5.97 Å². The van der Waals surface area contributed by atoms with Gasteiger partial charge in [0.05, 0.1) is 24.1 Å². The summed E-state index contributed by atoms with van der Waals surface area (Å²) < 4.78 is 33.8. The molecule has 2 aromatic rings. The molecule has 0 bridgehead atoms. The number of esters is 1. The summed E-state index contributed by atoms with van der Waals surface area (Å²) in [7, 11) is -3.65. The summed E-state index contributed by atoms with van der Waals surface area (Å²) in [6, 6.07) is 17.9. The van der Waals surface area contributed by atoms with E-state index < -0.39 is 27.6 Å². The predicted octanol–water partition coefficient (Wildman–Crippen LogP) is 3.45. The highest BCUT2D eigenvalue weighted by Gasteiger charge is 2.50. The molecule has 1 heterocycles. The molecule has 0 aromatic heterocycles. The van der Waals surface area contributed by atoms with Crippen LogP contribution in [0.4, 0.5) is 0 Å². The van der Waals surface area contributed by atoms with Crippen LogP contribution in [0.1, 0.15) is 38.3 Å². The predicted molar refractivity (Wildman–Crippen MR) is 123 cm³/mol. The molecule has 0 saturated heterocycles. The maximum absolute atomic E-state index is 12.9. The summed E-state index contributed by atoms with van der Waals surface area (Å²) in [5.41, 5.74) is 0.769. The Morgan fingerprint density at radius 3 is 2.25 bits per heavy atom. The summed E-state index contributed by atoms with van der Waals surface area (Å²) in [6.45, 7) is 5.75. The van der Waals surface area contributed by atoms with Crippen molar-refractivity contribution in [2.75, 3.05) is 6.61 Å². The van der Waals surface area contributed by atoms with Crippen molar-refractivity contribution in [2.45, 2.75) is 51.0 Å². The van der Waals surface area contributed by atoms with Crippen LogP contribution >= 0.6 is 0 Å². The second-order valence-electron chi connectivity index (χ2n) is 8.31. The molecular weight excluding hydrogens is 428 g/mol. The lowest BCUT2D eigenvalue weighted by Gasteiger charge is -2.26. The van der Waals surface area contributed by atoms with E-state index >= 15 is 0 Å². The van der Waals surface area contributed by atoms with Gasteiger partial charge in [0.2, 0.25) is 15.6 Å². The number of nitrogens with zero attached hydrogens (tertiary/aromatic N) is 1. The fourth-order valence-corrected chi connectivity index (χ4v) is 5.26. The number of hydrogen-bond acceptors (Lipinski definition) is 6. The first-order valence-corrected chi connectivity index (χ1v) is 12.4. The molecule has 3 rings (SSSR count). The topological polar surface area (TPSA) is 94.1 Å². The van der Waals surface area contributed by atoms with Crippen LogP contribution in [0.2, 0.25) is 0 Å². The van der Waals surface area contributed by atoms with Gasteiger partial charge in [-0.05, 0) is 24.0 Å². The number of carbonyl (C=O) groups excluding carboxylic acids is 1. The van der Waals surface area contributed by atoms with Gasteiger partial charge in [-0.1, -0.05) is 79.7 Å². The number of benzene rings is 2. The third-order valence-corrected chi connectivity index (χ3v) is 6.64. The fraction of sp³-hybridized carbons (Fsp3) is 0.417. The molecule has 0 fully saturated rings. The van der Waals surface area contributed by atoms with Gasteiger partial charge in [-0.25, -0.2) is 17.9 Å². The monoisotopic (exact) mass is 458 g/mol. The lowest BCUT2D eigenvalue weighted by atomic mass is 9.86. The van der Waals surface area contributed by atoms with Gasteiger partial charge in [-0.3, -0.25) is 0 Å². The van der Waals surface area contributed by atoms with Crippen LogP contribution in [0.3, 0.4) is 0 Å². The average Bonchev–Trinajstić information content (AvgIpc) is 3.18. The van der Waals surface area contributed by atoms with E-state index in [1.54, 1.807) is 31.2 Å². The van der Waals surface area contributed by atoms with Crippen LogP contribution < -0.4 is 4.72 Å². The number of ether oxygens (including phenoxy) is 1. The highest BCUT2D eigenvalue weighted by Crippen LogP contribution is 2.32. The lowest BCUT2D eigenvalue weighted by molar-refractivity contribution is -0.168. The van der Waals surface area contributed by atoms with E-state index in [9.17, 15) is 13.2 Å². The first kappa shape index (κ1) is 23.9. The zero-order chi connectivity index (χ0) is 23.2. The number of rotatable bonds is 10. The first-order valence-electron chi connectivity index (χ1n) is 10.7. The third-order valence-electron chi connectivity index (χ3n) is 5.32. The van der Waals surface area contributed by atoms with Crippen LogP contribution in [-0.4, -0.2) is 38.3 Å². The van der Waals surface area contributed by atoms with Crippen molar-refractivity contribution < 1.29 is 22.8 Å². The molecule has 172 valence electrons. The van der Waals surface area contributed by atoms with Crippen molar-refractivity contribution in [2.24, 2.45) is 11.1 Å². The molecule has 1 unspecified atom stereocenters. The Kier molecular flexibility index (Phi) is 7.69. The van der Waals surface area contributed by atoms with E-state index in [4.69, 9.17) is 9.57 Å². The third kappa shape index (κ3) is 5.95. The summed E-state index contributed by atoms with van der Waals surface area (Å²) in [6.07, 6.45) is 0.429. The number of hydrogen-bond donors (Lipinski definition) is 1. The molecule has 0 spiro atoms. The van der Waals surface area contributed by atoms with Gasteiger partial charge in [-0.15, -0.1) is 0 Å². The van der Waals surface area contributed by atoms with Crippen LogP contribution in [0.15, 0.2) is 65.8 Å². The largest absolute Gasteiger partial charge is 0.463 e. The van der Waals surface area contributed by atoms with Crippen LogP contribution in [0.25, 0.3) is 0 Å². The Morgan fingerprint density at radius 2 is 1.69 bits per heavy atom. The number of sulfonamides is 1. The van der Waals surface area contributed by atoms with E-state index in [-0.39, 0.29) is 31.1 Å². The van der Waals surface area contributed by atoms with Gasteiger partial charge in [0.1, 0.15) is 0 Å². The maximum Gasteiger partial charge on any atom is 0.354 e. The minimum Gasteiger partial charge on any atom is -0.463 e. The zero-order valence-electron chi connectivity index (χ0n) is 18.7. The van der Waals surface area contributed by atoms with Crippen LogP contribution in [0, 0.1) is 5.92 Å². The Labute approximate surface area is 189 Å². The summed E-state index contributed by atoms with van der Waals surface area (Å²) in [5.74, 6) is -0.743. The number of oxime groups is 1. The Bertz CT molecular complexity index is 1040. The second-order valence-corrected chi connectivity index (χ2v) is 10.1. The second kappa shape index (κ2) is 10.3. The van der Waals surface area contributed by atoms with Crippen molar-refractivity contribution >= 4 is 21.7 Å². The minimum absolute atomic E-state index is 0.0994. The molecule has 1 N–H and O–H groups in total. The molecule has 0 amide bonds. The summed E-state index contributed by atoms with van der Waals surface area (Å²) in [4.78, 5) is 18.6. The molecule has 1 aliphatic heterocycles. The van der Waals surface area contributed by atoms with Crippen molar-refractivity contribution in [3.05, 3.63) is 71.8 Å². The highest BCUT2D eigenvalue weighted by atomic mass is 32.2. The standard InChI is InChI=1S/C24H30N2O5S/c1-4-30-23(27)24(15-19-11-7-5-8-12-19)16-21(25-31-24)22(18(2)3)26-32(28,29)17-20-13-9-6-10-14-20/h5-14,18,22,26H,4,15-17H2,1-3H3/t22-,24?/m0/s1. The molecule has 8 heteroatoms. The van der Waals surface area contributed by atoms with Crippen molar-refractivity contribution in [1.29, 1.82) is 0 Å². The van der Waals surface area contributed by atoms with E-state index in [2.05, 4.69) is 9.88 Å². The summed E-state index contributed by atoms with van der Waals surface area (Å²) >= 11 is 0. The first-order chi connectivity index (χ1) is 15.2. The van der Waals surface area contributed by atoms with Gasteiger partial charge in [0, 0.05) is 12.8 Å². The highest BCUT2D eigenvalue weighted by molar-refractivity contribution is 7.88. The smallest absolute Gasteiger partial charge is 0.354 e. The minimum atomic E-state index is -3.65. The lowest BCUT2D eigenvalue weighted by Crippen LogP contribution is -2.48. The molecule has 32 heavy (non-hydrogen) atoms. The molecular formula is C24H30N2O5S. The molecule has 1 aliphatic rings. The van der Waals surface area contributed by atoms with Crippen molar-refractivity contribution in [1.82, 2.24) is 4.72 Å². The van der Waals surface area contributed by atoms with Gasteiger partial charge in [-0.2, -0.15) is 0 Å². The van der Waals surface area contributed by atoms with E-state index in [0.29, 0.717) is 11.3 Å². The number of carbonyl (C=O) groups is 1. The number of nitrogens with one attached hydrogen (secondary N) is 1. The van der Waals surface area contributed by atoms with Crippen molar-refractivity contribution in [3.8, 4) is 0 Å². The molecule has 0 radical (unpaired) electrons. The molecule has 0 saturated carbocycles. The van der Waals surface area contributed by atoms with E-state index in [1.807, 2.05) is 50.2 Å². The average molecular weight is 459 g/mol. The molecule has 7 nitrogen and oxygen atoms in total. The Hall–Kier alpha value is -2.71. The van der Waals surface area contributed by atoms with Gasteiger partial charge < -0.3 is 9.57 Å². The quantitative estimate of drug-likeness (QED) is 0.551. The SMILES string of the molecule is CCOC(=O)C1(Cc2ccccc2)CC([C@@H](NS(=O)(=O)Cc2ccccc2)C(C)C)=NO1. The van der Waals surface area contributed by atoms with E-state index in [1.165, 1.54) is 0 Å². The summed E-state index contributed by atoms with van der Waals surface area (Å²) in [5, 5.41) is 4.19. The van der Waals surface area contributed by atoms with Crippen LogP contribution in [-0.2, 0) is 36.6 Å². The molecule has 0 aliphatic carbocycles. The van der Waals surface area contributed by atoms with Crippen molar-refractivity contribution in [3.63, 3.8) is 0 Å². The van der Waals surface area contributed by atoms with Crippen LogP contribution in [0.5, 0.6) is 0 Å². The van der Waals surface area contributed by atoms with E-state index in [0.717, 1.165) is 5.56 Å². The Balaban J connectivity index is 1.80.